The van der Waals surface area contributed by atoms with Gasteiger partial charge >= 0.3 is 5.69 Å². The van der Waals surface area contributed by atoms with Gasteiger partial charge in [0, 0.05) is 49.3 Å². The lowest BCUT2D eigenvalue weighted by molar-refractivity contribution is 0.167. The number of hydrogen-bond acceptors (Lipinski definition) is 5. The summed E-state index contributed by atoms with van der Waals surface area (Å²) in [5, 5.41) is 3.48. The minimum absolute atomic E-state index is 0.248. The van der Waals surface area contributed by atoms with Gasteiger partial charge in [-0.3, -0.25) is 14.5 Å². The number of hydrogen-bond donors (Lipinski definition) is 1. The molecule has 1 N–H and O–H groups in total. The lowest BCUT2D eigenvalue weighted by Crippen LogP contribution is -2.40. The highest BCUT2D eigenvalue weighted by Gasteiger charge is 2.24. The maximum Gasteiger partial charge on any atom is 0.354 e. The standard InChI is InChI=1S/C23H27N5O/c1-17-16-22(26-23(29)28(17)21-6-4-3-5-7-21)25-20-10-14-27(15-11-20)18(2)19-8-12-24-13-9-19/h3-9,12-13,16,18,20H,10-11,14-15H2,1-2H3,(H,25,26,29). The van der Waals surface area contributed by atoms with Crippen molar-refractivity contribution < 1.29 is 0 Å². The summed E-state index contributed by atoms with van der Waals surface area (Å²) in [4.78, 5) is 23.5. The van der Waals surface area contributed by atoms with Crippen molar-refractivity contribution in [3.63, 3.8) is 0 Å². The molecule has 0 bridgehead atoms. The van der Waals surface area contributed by atoms with E-state index in [-0.39, 0.29) is 5.69 Å². The van der Waals surface area contributed by atoms with Crippen molar-refractivity contribution in [1.29, 1.82) is 0 Å². The zero-order chi connectivity index (χ0) is 20.2. The van der Waals surface area contributed by atoms with Crippen molar-refractivity contribution in [1.82, 2.24) is 19.4 Å². The first-order chi connectivity index (χ1) is 14.1. The molecule has 1 aliphatic heterocycles. The molecule has 1 unspecified atom stereocenters. The van der Waals surface area contributed by atoms with Crippen LogP contribution in [0.5, 0.6) is 0 Å². The fourth-order valence-corrected chi connectivity index (χ4v) is 4.06. The summed E-state index contributed by atoms with van der Waals surface area (Å²) in [6, 6.07) is 16.5. The summed E-state index contributed by atoms with van der Waals surface area (Å²) in [5.74, 6) is 0.667. The van der Waals surface area contributed by atoms with Crippen LogP contribution in [0.2, 0.25) is 0 Å². The van der Waals surface area contributed by atoms with Crippen molar-refractivity contribution in [2.45, 2.75) is 38.8 Å². The van der Waals surface area contributed by atoms with Crippen LogP contribution in [0.1, 0.15) is 37.1 Å². The summed E-state index contributed by atoms with van der Waals surface area (Å²) in [6.07, 6.45) is 5.76. The Kier molecular flexibility index (Phi) is 5.71. The average molecular weight is 390 g/mol. The van der Waals surface area contributed by atoms with E-state index in [0.717, 1.165) is 37.3 Å². The Labute approximate surface area is 171 Å². The Balaban J connectivity index is 1.40. The van der Waals surface area contributed by atoms with Gasteiger partial charge < -0.3 is 5.32 Å². The SMILES string of the molecule is Cc1cc(NC2CCN(C(C)c3ccncc3)CC2)nc(=O)n1-c1ccccc1. The fourth-order valence-electron chi connectivity index (χ4n) is 4.06. The first-order valence-corrected chi connectivity index (χ1v) is 10.2. The molecule has 6 heteroatoms. The Morgan fingerprint density at radius 1 is 1.07 bits per heavy atom. The highest BCUT2D eigenvalue weighted by Crippen LogP contribution is 2.25. The zero-order valence-electron chi connectivity index (χ0n) is 17.0. The number of pyridine rings is 1. The second-order valence-corrected chi connectivity index (χ2v) is 7.65. The number of para-hydroxylation sites is 1. The quantitative estimate of drug-likeness (QED) is 0.723. The molecule has 0 saturated carbocycles. The monoisotopic (exact) mass is 389 g/mol. The van der Waals surface area contributed by atoms with Crippen molar-refractivity contribution in [3.8, 4) is 5.69 Å². The predicted molar refractivity (Wildman–Crippen MR) is 115 cm³/mol. The molecule has 4 rings (SSSR count). The minimum Gasteiger partial charge on any atom is -0.367 e. The molecular weight excluding hydrogens is 362 g/mol. The number of piperidine rings is 1. The van der Waals surface area contributed by atoms with E-state index in [2.05, 4.69) is 39.2 Å². The summed E-state index contributed by atoms with van der Waals surface area (Å²) >= 11 is 0. The van der Waals surface area contributed by atoms with E-state index >= 15 is 0 Å². The number of benzene rings is 1. The molecule has 3 heterocycles. The third-order valence-electron chi connectivity index (χ3n) is 5.74. The lowest BCUT2D eigenvalue weighted by Gasteiger charge is -2.36. The van der Waals surface area contributed by atoms with Crippen molar-refractivity contribution in [3.05, 3.63) is 82.7 Å². The van der Waals surface area contributed by atoms with E-state index in [1.807, 2.05) is 55.7 Å². The van der Waals surface area contributed by atoms with E-state index < -0.39 is 0 Å². The number of anilines is 1. The highest BCUT2D eigenvalue weighted by atomic mass is 16.1. The van der Waals surface area contributed by atoms with Gasteiger partial charge in [-0.25, -0.2) is 4.79 Å². The van der Waals surface area contributed by atoms with Crippen molar-refractivity contribution in [2.75, 3.05) is 18.4 Å². The summed E-state index contributed by atoms with van der Waals surface area (Å²) in [6.45, 7) is 6.22. The topological polar surface area (TPSA) is 63.0 Å². The maximum atomic E-state index is 12.6. The second-order valence-electron chi connectivity index (χ2n) is 7.65. The van der Waals surface area contributed by atoms with Gasteiger partial charge in [-0.15, -0.1) is 0 Å². The number of likely N-dealkylation sites (tertiary alicyclic amines) is 1. The van der Waals surface area contributed by atoms with Crippen LogP contribution in [0, 0.1) is 6.92 Å². The van der Waals surface area contributed by atoms with Crippen molar-refractivity contribution >= 4 is 5.82 Å². The van der Waals surface area contributed by atoms with Gasteiger partial charge in [0.25, 0.3) is 0 Å². The van der Waals surface area contributed by atoms with Gasteiger partial charge in [0.1, 0.15) is 5.82 Å². The third-order valence-corrected chi connectivity index (χ3v) is 5.74. The first kappa shape index (κ1) is 19.3. The third kappa shape index (κ3) is 4.38. The van der Waals surface area contributed by atoms with Crippen LogP contribution < -0.4 is 11.0 Å². The lowest BCUT2D eigenvalue weighted by atomic mass is 10.0. The van der Waals surface area contributed by atoms with Gasteiger partial charge in [0.05, 0.1) is 5.69 Å². The van der Waals surface area contributed by atoms with E-state index in [4.69, 9.17) is 0 Å². The van der Waals surface area contributed by atoms with Crippen LogP contribution in [-0.2, 0) is 0 Å². The smallest absolute Gasteiger partial charge is 0.354 e. The van der Waals surface area contributed by atoms with Gasteiger partial charge in [-0.05, 0) is 56.5 Å². The molecule has 0 spiro atoms. The molecule has 3 aromatic rings. The summed E-state index contributed by atoms with van der Waals surface area (Å²) in [7, 11) is 0. The second kappa shape index (κ2) is 8.57. The largest absolute Gasteiger partial charge is 0.367 e. The van der Waals surface area contributed by atoms with E-state index in [0.29, 0.717) is 17.9 Å². The van der Waals surface area contributed by atoms with Crippen LogP contribution in [0.3, 0.4) is 0 Å². The molecule has 1 aliphatic rings. The normalized spacial score (nSPS) is 16.5. The number of nitrogens with one attached hydrogen (secondary N) is 1. The highest BCUT2D eigenvalue weighted by molar-refractivity contribution is 5.40. The Morgan fingerprint density at radius 3 is 2.41 bits per heavy atom. The first-order valence-electron chi connectivity index (χ1n) is 10.2. The Hall–Kier alpha value is -2.99. The maximum absolute atomic E-state index is 12.6. The number of nitrogens with zero attached hydrogens (tertiary/aromatic N) is 4. The Bertz CT molecular complexity index is 995. The van der Waals surface area contributed by atoms with Gasteiger partial charge in [-0.2, -0.15) is 4.98 Å². The minimum atomic E-state index is -0.248. The van der Waals surface area contributed by atoms with Crippen LogP contribution in [0.25, 0.3) is 5.69 Å². The van der Waals surface area contributed by atoms with Gasteiger partial charge in [-0.1, -0.05) is 18.2 Å². The summed E-state index contributed by atoms with van der Waals surface area (Å²) in [5.41, 5.74) is 2.77. The molecule has 1 aromatic carbocycles. The molecule has 6 nitrogen and oxygen atoms in total. The zero-order valence-corrected chi connectivity index (χ0v) is 17.0. The van der Waals surface area contributed by atoms with Crippen LogP contribution in [-0.4, -0.2) is 38.6 Å². The number of aromatic nitrogens is 3. The molecule has 1 fully saturated rings. The van der Waals surface area contributed by atoms with E-state index in [9.17, 15) is 4.79 Å². The molecule has 0 amide bonds. The summed E-state index contributed by atoms with van der Waals surface area (Å²) < 4.78 is 1.64. The average Bonchev–Trinajstić information content (AvgIpc) is 2.75. The number of rotatable bonds is 5. The van der Waals surface area contributed by atoms with Gasteiger partial charge in [0.2, 0.25) is 0 Å². The predicted octanol–water partition coefficient (Wildman–Crippen LogP) is 3.57. The molecular formula is C23H27N5O. The molecule has 150 valence electrons. The number of aryl methyl sites for hydroxylation is 1. The van der Waals surface area contributed by atoms with Crippen LogP contribution in [0.15, 0.2) is 65.7 Å². The molecule has 0 aliphatic carbocycles. The molecule has 2 aromatic heterocycles. The van der Waals surface area contributed by atoms with Crippen LogP contribution >= 0.6 is 0 Å². The molecule has 1 saturated heterocycles. The van der Waals surface area contributed by atoms with Crippen molar-refractivity contribution in [2.24, 2.45) is 0 Å². The van der Waals surface area contributed by atoms with Crippen LogP contribution in [0.4, 0.5) is 5.82 Å². The molecule has 0 radical (unpaired) electrons. The van der Waals surface area contributed by atoms with E-state index in [1.54, 1.807) is 4.57 Å². The molecule has 29 heavy (non-hydrogen) atoms. The fraction of sp³-hybridized carbons (Fsp3) is 0.348. The van der Waals surface area contributed by atoms with Gasteiger partial charge in [0.15, 0.2) is 0 Å². The molecule has 1 atom stereocenters. The Morgan fingerprint density at radius 2 is 1.76 bits per heavy atom. The van der Waals surface area contributed by atoms with E-state index in [1.165, 1.54) is 5.56 Å².